The van der Waals surface area contributed by atoms with Crippen LogP contribution >= 0.6 is 11.6 Å². The van der Waals surface area contributed by atoms with Crippen LogP contribution in [0.2, 0.25) is 5.02 Å². The van der Waals surface area contributed by atoms with Crippen LogP contribution in [-0.2, 0) is 0 Å². The molecule has 1 heterocycles. The number of primary amides is 1. The number of rotatable bonds is 3. The van der Waals surface area contributed by atoms with Crippen molar-refractivity contribution in [2.45, 2.75) is 0 Å². The Kier molecular flexibility index (Phi) is 3.86. The number of carbonyl (C=O) groups is 2. The number of aromatic nitrogens is 1. The average molecular weight is 292 g/mol. The van der Waals surface area contributed by atoms with Crippen LogP contribution in [0.5, 0.6) is 5.75 Å². The number of phenolic OH excluding ortho intramolecular Hbond substituents is 1. The highest BCUT2D eigenvalue weighted by Crippen LogP contribution is 2.26. The topological polar surface area (TPSA) is 105 Å². The SMILES string of the molecule is NC(=O)c1ccc(C(=O)Nc2cc(Cl)ccc2O)nc1. The Balaban J connectivity index is 2.19. The zero-order chi connectivity index (χ0) is 14.7. The molecule has 20 heavy (non-hydrogen) atoms. The monoisotopic (exact) mass is 291 g/mol. The van der Waals surface area contributed by atoms with E-state index in [2.05, 4.69) is 10.3 Å². The molecule has 2 amide bonds. The molecule has 0 saturated carbocycles. The van der Waals surface area contributed by atoms with E-state index >= 15 is 0 Å². The lowest BCUT2D eigenvalue weighted by Crippen LogP contribution is -2.16. The number of nitrogens with zero attached hydrogens (tertiary/aromatic N) is 1. The normalized spacial score (nSPS) is 10.1. The van der Waals surface area contributed by atoms with E-state index in [1.165, 1.54) is 36.5 Å². The molecule has 102 valence electrons. The van der Waals surface area contributed by atoms with Gasteiger partial charge in [-0.3, -0.25) is 14.6 Å². The largest absolute Gasteiger partial charge is 0.506 e. The molecule has 0 fully saturated rings. The van der Waals surface area contributed by atoms with Gasteiger partial charge in [-0.1, -0.05) is 11.6 Å². The van der Waals surface area contributed by atoms with Gasteiger partial charge >= 0.3 is 0 Å². The number of nitrogens with two attached hydrogens (primary N) is 1. The number of aromatic hydroxyl groups is 1. The van der Waals surface area contributed by atoms with E-state index in [4.69, 9.17) is 17.3 Å². The first-order valence-electron chi connectivity index (χ1n) is 5.53. The fourth-order valence-corrected chi connectivity index (χ4v) is 1.64. The molecule has 0 saturated heterocycles. The van der Waals surface area contributed by atoms with Crippen LogP contribution < -0.4 is 11.1 Å². The molecular formula is C13H10ClN3O3. The third kappa shape index (κ3) is 3.04. The third-order valence-electron chi connectivity index (χ3n) is 2.49. The van der Waals surface area contributed by atoms with E-state index in [-0.39, 0.29) is 22.7 Å². The van der Waals surface area contributed by atoms with Crippen molar-refractivity contribution in [3.63, 3.8) is 0 Å². The first-order valence-corrected chi connectivity index (χ1v) is 5.91. The molecule has 0 spiro atoms. The molecule has 0 bridgehead atoms. The predicted octanol–water partition coefficient (Wildman–Crippen LogP) is 1.79. The van der Waals surface area contributed by atoms with Gasteiger partial charge in [-0.15, -0.1) is 0 Å². The Morgan fingerprint density at radius 2 is 2.00 bits per heavy atom. The van der Waals surface area contributed by atoms with Crippen LogP contribution in [0.15, 0.2) is 36.5 Å². The first-order chi connectivity index (χ1) is 9.47. The number of amides is 2. The highest BCUT2D eigenvalue weighted by molar-refractivity contribution is 6.31. The van der Waals surface area contributed by atoms with Crippen molar-refractivity contribution in [2.75, 3.05) is 5.32 Å². The van der Waals surface area contributed by atoms with Gasteiger partial charge < -0.3 is 16.2 Å². The quantitative estimate of drug-likeness (QED) is 0.750. The van der Waals surface area contributed by atoms with Crippen LogP contribution in [0.1, 0.15) is 20.8 Å². The van der Waals surface area contributed by atoms with Crippen LogP contribution in [0.4, 0.5) is 5.69 Å². The smallest absolute Gasteiger partial charge is 0.274 e. The molecule has 1 aromatic carbocycles. The molecule has 2 rings (SSSR count). The second-order valence-corrected chi connectivity index (χ2v) is 4.35. The van der Waals surface area contributed by atoms with Crippen molar-refractivity contribution < 1.29 is 14.7 Å². The summed E-state index contributed by atoms with van der Waals surface area (Å²) in [6, 6.07) is 7.01. The first kappa shape index (κ1) is 13.8. The molecule has 0 aliphatic rings. The van der Waals surface area contributed by atoms with E-state index in [0.717, 1.165) is 0 Å². The van der Waals surface area contributed by atoms with Gasteiger partial charge in [0.1, 0.15) is 11.4 Å². The zero-order valence-electron chi connectivity index (χ0n) is 10.1. The minimum Gasteiger partial charge on any atom is -0.506 e. The summed E-state index contributed by atoms with van der Waals surface area (Å²) in [7, 11) is 0. The minimum atomic E-state index is -0.628. The van der Waals surface area contributed by atoms with Gasteiger partial charge in [0, 0.05) is 11.2 Å². The lowest BCUT2D eigenvalue weighted by molar-refractivity contribution is 0.0993. The van der Waals surface area contributed by atoms with Crippen molar-refractivity contribution in [1.82, 2.24) is 4.98 Å². The maximum atomic E-state index is 11.9. The number of anilines is 1. The molecule has 2 aromatic rings. The van der Waals surface area contributed by atoms with Gasteiger partial charge in [0.05, 0.1) is 11.3 Å². The summed E-state index contributed by atoms with van der Waals surface area (Å²) < 4.78 is 0. The van der Waals surface area contributed by atoms with Gasteiger partial charge in [-0.25, -0.2) is 0 Å². The summed E-state index contributed by atoms with van der Waals surface area (Å²) in [5, 5.41) is 12.4. The second kappa shape index (κ2) is 5.58. The van der Waals surface area contributed by atoms with Crippen LogP contribution in [0.25, 0.3) is 0 Å². The van der Waals surface area contributed by atoms with E-state index in [9.17, 15) is 14.7 Å². The lowest BCUT2D eigenvalue weighted by Gasteiger charge is -2.07. The number of hydrogen-bond donors (Lipinski definition) is 3. The number of phenols is 1. The summed E-state index contributed by atoms with van der Waals surface area (Å²) >= 11 is 5.77. The maximum absolute atomic E-state index is 11.9. The fraction of sp³-hybridized carbons (Fsp3) is 0. The highest BCUT2D eigenvalue weighted by atomic mass is 35.5. The van der Waals surface area contributed by atoms with Crippen molar-refractivity contribution in [2.24, 2.45) is 5.73 Å². The molecule has 0 atom stereocenters. The second-order valence-electron chi connectivity index (χ2n) is 3.91. The van der Waals surface area contributed by atoms with Gasteiger partial charge in [-0.05, 0) is 30.3 Å². The molecule has 7 heteroatoms. The standard InChI is InChI=1S/C13H10ClN3O3/c14-8-2-4-11(18)10(5-8)17-13(20)9-3-1-7(6-16-9)12(15)19/h1-6,18H,(H2,15,19)(H,17,20). The Hall–Kier alpha value is -2.60. The van der Waals surface area contributed by atoms with Crippen LogP contribution in [0, 0.1) is 0 Å². The number of benzene rings is 1. The maximum Gasteiger partial charge on any atom is 0.274 e. The molecule has 0 aliphatic heterocycles. The van der Waals surface area contributed by atoms with Crippen LogP contribution in [0.3, 0.4) is 0 Å². The summed E-state index contributed by atoms with van der Waals surface area (Å²) in [6.07, 6.45) is 1.20. The van der Waals surface area contributed by atoms with Gasteiger partial charge in [0.25, 0.3) is 5.91 Å². The van der Waals surface area contributed by atoms with E-state index in [1.807, 2.05) is 0 Å². The predicted molar refractivity (Wildman–Crippen MR) is 73.8 cm³/mol. The molecule has 4 N–H and O–H groups in total. The molecular weight excluding hydrogens is 282 g/mol. The number of nitrogens with one attached hydrogen (secondary N) is 1. The van der Waals surface area contributed by atoms with Crippen molar-refractivity contribution in [3.05, 3.63) is 52.8 Å². The molecule has 0 aliphatic carbocycles. The van der Waals surface area contributed by atoms with E-state index in [0.29, 0.717) is 5.02 Å². The lowest BCUT2D eigenvalue weighted by atomic mass is 10.2. The summed E-state index contributed by atoms with van der Waals surface area (Å²) in [5.41, 5.74) is 5.52. The van der Waals surface area contributed by atoms with Crippen LogP contribution in [-0.4, -0.2) is 21.9 Å². The Morgan fingerprint density at radius 3 is 2.60 bits per heavy atom. The van der Waals surface area contributed by atoms with Gasteiger partial charge in [0.15, 0.2) is 0 Å². The molecule has 6 nitrogen and oxygen atoms in total. The number of halogens is 1. The molecule has 0 radical (unpaired) electrons. The molecule has 1 aromatic heterocycles. The number of pyridine rings is 1. The zero-order valence-corrected chi connectivity index (χ0v) is 10.9. The van der Waals surface area contributed by atoms with Crippen molar-refractivity contribution >= 4 is 29.1 Å². The minimum absolute atomic E-state index is 0.0781. The van der Waals surface area contributed by atoms with Crippen molar-refractivity contribution in [1.29, 1.82) is 0 Å². The molecule has 0 unspecified atom stereocenters. The third-order valence-corrected chi connectivity index (χ3v) is 2.72. The fourth-order valence-electron chi connectivity index (χ4n) is 1.47. The average Bonchev–Trinajstić information content (AvgIpc) is 2.43. The van der Waals surface area contributed by atoms with E-state index < -0.39 is 11.8 Å². The van der Waals surface area contributed by atoms with Crippen molar-refractivity contribution in [3.8, 4) is 5.75 Å². The van der Waals surface area contributed by atoms with E-state index in [1.54, 1.807) is 0 Å². The number of carbonyl (C=O) groups excluding carboxylic acids is 2. The van der Waals surface area contributed by atoms with Gasteiger partial charge in [0.2, 0.25) is 5.91 Å². The highest BCUT2D eigenvalue weighted by Gasteiger charge is 2.11. The summed E-state index contributed by atoms with van der Waals surface area (Å²) in [6.45, 7) is 0. The number of hydrogen-bond acceptors (Lipinski definition) is 4. The summed E-state index contributed by atoms with van der Waals surface area (Å²) in [5.74, 6) is -1.29. The van der Waals surface area contributed by atoms with Gasteiger partial charge in [-0.2, -0.15) is 0 Å². The Bertz CT molecular complexity index is 671. The Morgan fingerprint density at radius 1 is 1.25 bits per heavy atom. The summed E-state index contributed by atoms with van der Waals surface area (Å²) in [4.78, 5) is 26.6. The Labute approximate surface area is 119 Å².